The van der Waals surface area contributed by atoms with Crippen LogP contribution in [0.5, 0.6) is 0 Å². The van der Waals surface area contributed by atoms with Gasteiger partial charge in [0.2, 0.25) is 0 Å². The van der Waals surface area contributed by atoms with Gasteiger partial charge in [-0.25, -0.2) is 15.0 Å². The van der Waals surface area contributed by atoms with Crippen molar-refractivity contribution in [3.8, 4) is 11.4 Å². The number of carbonyl (C=O) groups is 1. The fourth-order valence-electron chi connectivity index (χ4n) is 3.85. The van der Waals surface area contributed by atoms with E-state index in [1.54, 1.807) is 29.5 Å². The van der Waals surface area contributed by atoms with Gasteiger partial charge in [-0.3, -0.25) is 3.97 Å². The van der Waals surface area contributed by atoms with Crippen LogP contribution in [0, 0.1) is 5.41 Å². The van der Waals surface area contributed by atoms with Crippen molar-refractivity contribution in [3.05, 3.63) is 34.7 Å². The number of methoxy groups -OCH3 is 1. The van der Waals surface area contributed by atoms with Gasteiger partial charge in [-0.2, -0.15) is 0 Å². The Labute approximate surface area is 216 Å². The molecule has 3 heterocycles. The van der Waals surface area contributed by atoms with Crippen molar-refractivity contribution in [1.29, 1.82) is 0 Å². The number of halogens is 2. The van der Waals surface area contributed by atoms with Gasteiger partial charge in [0.05, 0.1) is 5.02 Å². The van der Waals surface area contributed by atoms with E-state index in [1.807, 2.05) is 16.2 Å². The lowest BCUT2D eigenvalue weighted by molar-refractivity contribution is -0.108. The van der Waals surface area contributed by atoms with Crippen LogP contribution in [0.15, 0.2) is 18.5 Å². The number of ether oxygens (including phenoxy) is 1. The SMILES string of the molecule is CC(C)(C)C(CC=O)Nc1nc(-c2cn(SI)c3ncc(Cl)cc23)nc2c1CCC2.COC. The molecule has 7 nitrogen and oxygen atoms in total. The summed E-state index contributed by atoms with van der Waals surface area (Å²) in [5.74, 6) is 1.50. The van der Waals surface area contributed by atoms with Gasteiger partial charge in [0.15, 0.2) is 11.5 Å². The Morgan fingerprint density at radius 2 is 2.06 bits per heavy atom. The summed E-state index contributed by atoms with van der Waals surface area (Å²) in [6.07, 6.45) is 8.03. The molecule has 1 N–H and O–H groups in total. The molecule has 4 rings (SSSR count). The quantitative estimate of drug-likeness (QED) is 0.268. The average Bonchev–Trinajstić information content (AvgIpc) is 3.37. The van der Waals surface area contributed by atoms with Crippen molar-refractivity contribution >= 4 is 65.1 Å². The molecule has 0 saturated carbocycles. The van der Waals surface area contributed by atoms with Gasteiger partial charge in [0, 0.05) is 91.6 Å². The van der Waals surface area contributed by atoms with Gasteiger partial charge in [0.25, 0.3) is 0 Å². The molecule has 1 aliphatic carbocycles. The van der Waals surface area contributed by atoms with Crippen molar-refractivity contribution in [2.75, 3.05) is 19.5 Å². The fraction of sp³-hybridized carbons (Fsp3) is 0.478. The lowest BCUT2D eigenvalue weighted by Crippen LogP contribution is -2.35. The Hall–Kier alpha value is -1.43. The predicted octanol–water partition coefficient (Wildman–Crippen LogP) is 6.16. The summed E-state index contributed by atoms with van der Waals surface area (Å²) < 4.78 is 6.25. The largest absolute Gasteiger partial charge is 0.388 e. The van der Waals surface area contributed by atoms with E-state index >= 15 is 0 Å². The molecular weight excluding hydrogens is 573 g/mol. The van der Waals surface area contributed by atoms with Crippen LogP contribution in [0.1, 0.15) is 44.9 Å². The number of nitrogens with zero attached hydrogens (tertiary/aromatic N) is 4. The molecule has 0 radical (unpaired) electrons. The number of nitrogens with one attached hydrogen (secondary N) is 1. The predicted molar refractivity (Wildman–Crippen MR) is 145 cm³/mol. The summed E-state index contributed by atoms with van der Waals surface area (Å²) in [6, 6.07) is 1.90. The summed E-state index contributed by atoms with van der Waals surface area (Å²) in [4.78, 5) is 25.6. The topological polar surface area (TPSA) is 81.9 Å². The third-order valence-electron chi connectivity index (χ3n) is 5.52. The molecule has 3 aromatic rings. The number of aryl methyl sites for hydroxylation is 1. The number of anilines is 1. The first-order valence-electron chi connectivity index (χ1n) is 10.7. The summed E-state index contributed by atoms with van der Waals surface area (Å²) >= 11 is 8.48. The number of hydrogen-bond donors (Lipinski definition) is 1. The molecule has 0 amide bonds. The molecule has 1 atom stereocenters. The highest BCUT2D eigenvalue weighted by molar-refractivity contribution is 14.2. The average molecular weight is 602 g/mol. The first-order valence-corrected chi connectivity index (χ1v) is 14.4. The van der Waals surface area contributed by atoms with E-state index in [1.165, 1.54) is 5.56 Å². The molecule has 0 spiro atoms. The van der Waals surface area contributed by atoms with E-state index in [0.29, 0.717) is 17.3 Å². The zero-order valence-electron chi connectivity index (χ0n) is 19.5. The van der Waals surface area contributed by atoms with Crippen LogP contribution in [0.25, 0.3) is 22.4 Å². The van der Waals surface area contributed by atoms with Crippen LogP contribution in [-0.2, 0) is 22.4 Å². The smallest absolute Gasteiger partial charge is 0.164 e. The van der Waals surface area contributed by atoms with Crippen molar-refractivity contribution in [2.24, 2.45) is 5.41 Å². The molecule has 0 saturated heterocycles. The van der Waals surface area contributed by atoms with Gasteiger partial charge < -0.3 is 14.8 Å². The maximum atomic E-state index is 11.3. The van der Waals surface area contributed by atoms with Crippen molar-refractivity contribution < 1.29 is 9.53 Å². The van der Waals surface area contributed by atoms with E-state index in [2.05, 4.69) is 57.0 Å². The van der Waals surface area contributed by atoms with E-state index in [9.17, 15) is 4.79 Å². The maximum Gasteiger partial charge on any atom is 0.164 e. The third kappa shape index (κ3) is 5.98. The number of carbonyl (C=O) groups excluding carboxylic acids is 1. The van der Waals surface area contributed by atoms with Gasteiger partial charge in [0.1, 0.15) is 12.1 Å². The van der Waals surface area contributed by atoms with Crippen LogP contribution < -0.4 is 5.32 Å². The highest BCUT2D eigenvalue weighted by atomic mass is 127. The molecule has 3 aromatic heterocycles. The molecule has 178 valence electrons. The first-order chi connectivity index (χ1) is 15.7. The Bertz CT molecular complexity index is 1130. The van der Waals surface area contributed by atoms with Gasteiger partial charge in [-0.15, -0.1) is 0 Å². The van der Waals surface area contributed by atoms with Crippen molar-refractivity contribution in [3.63, 3.8) is 0 Å². The van der Waals surface area contributed by atoms with Gasteiger partial charge in [-0.1, -0.05) is 32.4 Å². The summed E-state index contributed by atoms with van der Waals surface area (Å²) in [5, 5.41) is 5.08. The highest BCUT2D eigenvalue weighted by Crippen LogP contribution is 2.37. The number of aromatic nitrogens is 4. The molecule has 0 aliphatic heterocycles. The van der Waals surface area contributed by atoms with Crippen LogP contribution in [-0.4, -0.2) is 45.5 Å². The maximum absolute atomic E-state index is 11.3. The molecule has 33 heavy (non-hydrogen) atoms. The number of pyridine rings is 1. The van der Waals surface area contributed by atoms with Gasteiger partial charge in [-0.05, 0) is 30.7 Å². The second-order valence-corrected chi connectivity index (χ2v) is 11.2. The third-order valence-corrected chi connectivity index (χ3v) is 7.42. The zero-order valence-corrected chi connectivity index (χ0v) is 23.2. The van der Waals surface area contributed by atoms with Crippen molar-refractivity contribution in [1.82, 2.24) is 18.9 Å². The standard InChI is InChI=1S/C21H23ClIN5OS.C2H6O/c1-21(2,3)17(7-8-29)26-18-13-5-4-6-16(13)25-19(27-18)15-11-28(30-23)20-14(15)9-12(22)10-24-20;1-3-2/h8-11,17H,4-7H2,1-3H3,(H,25,26,27);1-2H3. The Balaban J connectivity index is 0.000000968. The molecule has 0 bridgehead atoms. The first kappa shape index (κ1) is 26.2. The second-order valence-electron chi connectivity index (χ2n) is 9.01. The molecule has 0 aromatic carbocycles. The van der Waals surface area contributed by atoms with Crippen LogP contribution in [0.2, 0.25) is 5.02 Å². The fourth-order valence-corrected chi connectivity index (χ4v) is 5.26. The Morgan fingerprint density at radius 3 is 2.70 bits per heavy atom. The Morgan fingerprint density at radius 1 is 1.33 bits per heavy atom. The summed E-state index contributed by atoms with van der Waals surface area (Å²) in [6.45, 7) is 6.40. The van der Waals surface area contributed by atoms with E-state index < -0.39 is 0 Å². The minimum Gasteiger partial charge on any atom is -0.388 e. The normalized spacial score (nSPS) is 13.9. The molecular formula is C23H29ClIN5O2S. The number of aldehydes is 1. The lowest BCUT2D eigenvalue weighted by Gasteiger charge is -2.31. The van der Waals surface area contributed by atoms with Crippen LogP contribution in [0.3, 0.4) is 0 Å². The second kappa shape index (κ2) is 11.3. The van der Waals surface area contributed by atoms with Crippen LogP contribution in [0.4, 0.5) is 5.82 Å². The molecule has 0 fully saturated rings. The van der Waals surface area contributed by atoms with E-state index in [4.69, 9.17) is 21.6 Å². The van der Waals surface area contributed by atoms with Crippen molar-refractivity contribution in [2.45, 2.75) is 52.5 Å². The lowest BCUT2D eigenvalue weighted by atomic mass is 9.85. The number of fused-ring (bicyclic) bond motifs is 2. The Kier molecular flexibility index (Phi) is 8.99. The monoisotopic (exact) mass is 601 g/mol. The number of hydrogen-bond acceptors (Lipinski definition) is 7. The highest BCUT2D eigenvalue weighted by Gasteiger charge is 2.28. The number of rotatable bonds is 6. The molecule has 1 aliphatic rings. The van der Waals surface area contributed by atoms with Gasteiger partial charge >= 0.3 is 0 Å². The molecule has 10 heteroatoms. The minimum absolute atomic E-state index is 0.00944. The summed E-state index contributed by atoms with van der Waals surface area (Å²) in [5.41, 5.74) is 3.91. The minimum atomic E-state index is -0.0805. The summed E-state index contributed by atoms with van der Waals surface area (Å²) in [7, 11) is 4.79. The van der Waals surface area contributed by atoms with E-state index in [0.717, 1.165) is 53.7 Å². The molecule has 1 unspecified atom stereocenters. The van der Waals surface area contributed by atoms with E-state index in [-0.39, 0.29) is 11.5 Å². The zero-order chi connectivity index (χ0) is 24.2. The van der Waals surface area contributed by atoms with Crippen LogP contribution >= 0.6 is 41.9 Å².